The maximum atomic E-state index is 11.3. The van der Waals surface area contributed by atoms with Crippen molar-refractivity contribution >= 4 is 12.9 Å². The van der Waals surface area contributed by atoms with Gasteiger partial charge >= 0.3 is 0 Å². The van der Waals surface area contributed by atoms with Gasteiger partial charge in [0.15, 0.2) is 0 Å². The molecule has 5 rings (SSSR count). The molecule has 36 heavy (non-hydrogen) atoms. The van der Waals surface area contributed by atoms with Gasteiger partial charge in [0.05, 0.1) is 6.61 Å². The molecule has 5 fully saturated rings. The molecule has 10 atom stereocenters. The number of allylic oxidation sites excluding steroid dienone is 1. The quantitative estimate of drug-likeness (QED) is 0.284. The fourth-order valence-electron chi connectivity index (χ4n) is 12.0. The van der Waals surface area contributed by atoms with Crippen molar-refractivity contribution in [3.63, 3.8) is 0 Å². The average molecular weight is 499 g/mol. The van der Waals surface area contributed by atoms with Crippen LogP contribution in [0.2, 0.25) is 0 Å². The number of ether oxygens (including phenoxy) is 2. The van der Waals surface area contributed by atoms with E-state index in [4.69, 9.17) is 9.47 Å². The molecule has 4 heteroatoms. The van der Waals surface area contributed by atoms with Gasteiger partial charge in [-0.1, -0.05) is 46.8 Å². The van der Waals surface area contributed by atoms with Crippen molar-refractivity contribution in [2.24, 2.45) is 56.7 Å². The lowest BCUT2D eigenvalue weighted by atomic mass is 9.32. The van der Waals surface area contributed by atoms with Crippen LogP contribution in [0.1, 0.15) is 106 Å². The van der Waals surface area contributed by atoms with E-state index in [0.29, 0.717) is 54.6 Å². The summed E-state index contributed by atoms with van der Waals surface area (Å²) in [6.45, 7) is 21.2. The van der Waals surface area contributed by atoms with Crippen molar-refractivity contribution in [3.8, 4) is 0 Å². The molecule has 0 bridgehead atoms. The van der Waals surface area contributed by atoms with Crippen molar-refractivity contribution < 1.29 is 19.1 Å². The number of fused-ring (bicyclic) bond motifs is 7. The second-order valence-electron chi connectivity index (χ2n) is 15.0. The van der Waals surface area contributed by atoms with Crippen LogP contribution in [0.15, 0.2) is 12.2 Å². The molecule has 0 aromatic heterocycles. The van der Waals surface area contributed by atoms with Gasteiger partial charge in [0.25, 0.3) is 12.9 Å². The lowest BCUT2D eigenvalue weighted by Crippen LogP contribution is -2.67. The number of carbonyl (C=O) groups is 2. The lowest BCUT2D eigenvalue weighted by Gasteiger charge is -2.73. The van der Waals surface area contributed by atoms with E-state index < -0.39 is 0 Å². The monoisotopic (exact) mass is 498 g/mol. The number of rotatable bonds is 6. The summed E-state index contributed by atoms with van der Waals surface area (Å²) in [6, 6.07) is 0. The fraction of sp³-hybridized carbons (Fsp3) is 0.875. The molecule has 0 heterocycles. The summed E-state index contributed by atoms with van der Waals surface area (Å²) >= 11 is 0. The lowest BCUT2D eigenvalue weighted by molar-refractivity contribution is -0.250. The van der Waals surface area contributed by atoms with E-state index in [1.165, 1.54) is 56.9 Å². The first-order chi connectivity index (χ1) is 16.9. The highest BCUT2D eigenvalue weighted by Gasteiger charge is 2.71. The molecule has 0 aromatic rings. The molecule has 0 N–H and O–H groups in total. The Hall–Kier alpha value is -1.32. The first-order valence-electron chi connectivity index (χ1n) is 14.7. The van der Waals surface area contributed by atoms with Crippen molar-refractivity contribution in [2.45, 2.75) is 112 Å². The summed E-state index contributed by atoms with van der Waals surface area (Å²) in [5, 5.41) is 0. The molecule has 202 valence electrons. The van der Waals surface area contributed by atoms with E-state index in [-0.39, 0.29) is 27.8 Å². The Bertz CT molecular complexity index is 910. The summed E-state index contributed by atoms with van der Waals surface area (Å²) in [4.78, 5) is 22.5. The predicted octanol–water partition coefficient (Wildman–Crippen LogP) is 7.36. The molecule has 0 spiro atoms. The van der Waals surface area contributed by atoms with Gasteiger partial charge in [0.2, 0.25) is 0 Å². The highest BCUT2D eigenvalue weighted by Crippen LogP contribution is 2.77. The highest BCUT2D eigenvalue weighted by atomic mass is 16.5. The predicted molar refractivity (Wildman–Crippen MR) is 142 cm³/mol. The largest absolute Gasteiger partial charge is 0.467 e. The Kier molecular flexibility index (Phi) is 6.28. The Labute approximate surface area is 219 Å². The molecule has 0 amide bonds. The number of carbonyl (C=O) groups excluding carboxylic acids is 2. The van der Waals surface area contributed by atoms with Crippen LogP contribution in [0.4, 0.5) is 0 Å². The second-order valence-corrected chi connectivity index (χ2v) is 15.0. The van der Waals surface area contributed by atoms with Crippen LogP contribution in [0.5, 0.6) is 0 Å². The van der Waals surface area contributed by atoms with E-state index >= 15 is 0 Å². The van der Waals surface area contributed by atoms with Gasteiger partial charge in [-0.05, 0) is 117 Å². The van der Waals surface area contributed by atoms with E-state index in [0.717, 1.165) is 12.8 Å². The summed E-state index contributed by atoms with van der Waals surface area (Å²) in [6.07, 6.45) is 12.0. The maximum absolute atomic E-state index is 11.3. The second kappa shape index (κ2) is 8.60. The van der Waals surface area contributed by atoms with Gasteiger partial charge in [-0.15, -0.1) is 0 Å². The van der Waals surface area contributed by atoms with Gasteiger partial charge in [0, 0.05) is 10.8 Å². The third-order valence-corrected chi connectivity index (χ3v) is 13.8. The van der Waals surface area contributed by atoms with E-state index in [2.05, 4.69) is 48.1 Å². The van der Waals surface area contributed by atoms with Gasteiger partial charge in [-0.3, -0.25) is 9.59 Å². The average Bonchev–Trinajstić information content (AvgIpc) is 3.20. The Morgan fingerprint density at radius 1 is 0.833 bits per heavy atom. The van der Waals surface area contributed by atoms with Crippen LogP contribution < -0.4 is 0 Å². The van der Waals surface area contributed by atoms with E-state index in [1.807, 2.05) is 0 Å². The molecule has 0 saturated heterocycles. The van der Waals surface area contributed by atoms with Crippen LogP contribution >= 0.6 is 0 Å². The molecule has 5 saturated carbocycles. The molecule has 0 radical (unpaired) electrons. The normalized spacial score (nSPS) is 51.1. The van der Waals surface area contributed by atoms with Gasteiger partial charge < -0.3 is 9.47 Å². The first-order valence-corrected chi connectivity index (χ1v) is 14.7. The zero-order valence-electron chi connectivity index (χ0n) is 23.7. The van der Waals surface area contributed by atoms with Gasteiger partial charge in [-0.25, -0.2) is 0 Å². The van der Waals surface area contributed by atoms with Gasteiger partial charge in [0.1, 0.15) is 6.10 Å². The van der Waals surface area contributed by atoms with Gasteiger partial charge in [-0.2, -0.15) is 0 Å². The van der Waals surface area contributed by atoms with Crippen LogP contribution in [0.3, 0.4) is 0 Å². The summed E-state index contributed by atoms with van der Waals surface area (Å²) in [7, 11) is 0. The smallest absolute Gasteiger partial charge is 0.293 e. The van der Waals surface area contributed by atoms with Crippen LogP contribution in [-0.2, 0) is 19.1 Å². The maximum Gasteiger partial charge on any atom is 0.293 e. The topological polar surface area (TPSA) is 52.6 Å². The highest BCUT2D eigenvalue weighted by molar-refractivity contribution is 5.38. The zero-order chi connectivity index (χ0) is 26.1. The molecule has 5 aliphatic carbocycles. The Morgan fingerprint density at radius 3 is 2.25 bits per heavy atom. The molecule has 0 aromatic carbocycles. The molecule has 0 aliphatic heterocycles. The molecule has 0 unspecified atom stereocenters. The fourth-order valence-corrected chi connectivity index (χ4v) is 12.0. The molecular weight excluding hydrogens is 448 g/mol. The zero-order valence-corrected chi connectivity index (χ0v) is 23.7. The van der Waals surface area contributed by atoms with Crippen molar-refractivity contribution in [1.29, 1.82) is 0 Å². The van der Waals surface area contributed by atoms with Crippen molar-refractivity contribution in [3.05, 3.63) is 12.2 Å². The SMILES string of the molecule is C=C(C)[C@@H]1CC[C@]2(COC=O)CC[C@]3(C)[C@H](CC[C@@H]4[C@@]5(C)CC[C@H](OC=O)C(C)(C)[C@@H]5CC[C@]43C)[C@H]12. The minimum atomic E-state index is 0.0113. The third kappa shape index (κ3) is 3.30. The molecular formula is C32H50O4. The third-order valence-electron chi connectivity index (χ3n) is 13.8. The summed E-state index contributed by atoms with van der Waals surface area (Å²) in [5.41, 5.74) is 2.34. The molecule has 4 nitrogen and oxygen atoms in total. The van der Waals surface area contributed by atoms with Crippen LogP contribution in [0.25, 0.3) is 0 Å². The van der Waals surface area contributed by atoms with Crippen LogP contribution in [0, 0.1) is 56.7 Å². The van der Waals surface area contributed by atoms with E-state index in [9.17, 15) is 9.59 Å². The van der Waals surface area contributed by atoms with Crippen molar-refractivity contribution in [2.75, 3.05) is 6.61 Å². The number of hydrogen-bond donors (Lipinski definition) is 0. The summed E-state index contributed by atoms with van der Waals surface area (Å²) in [5.74, 6) is 3.07. The summed E-state index contributed by atoms with van der Waals surface area (Å²) < 4.78 is 11.2. The van der Waals surface area contributed by atoms with Crippen LogP contribution in [-0.4, -0.2) is 25.7 Å². The first kappa shape index (κ1) is 26.3. The van der Waals surface area contributed by atoms with E-state index in [1.54, 1.807) is 0 Å². The number of hydrogen-bond acceptors (Lipinski definition) is 4. The minimum Gasteiger partial charge on any atom is -0.467 e. The standard InChI is InChI=1S/C32H50O4/c1-21(2)22-10-15-32(18-35-19-33)17-16-30(6)23(27(22)32)8-9-25-29(5)13-12-26(36-20-34)28(3,4)24(29)11-14-31(25,30)7/h19-20,22-27H,1,8-18H2,2-7H3/t22-,23+,24-,25+,26-,27-,29-,30+,31+,32+/m0/s1. The minimum absolute atomic E-state index is 0.0113. The molecule has 5 aliphatic rings. The Morgan fingerprint density at radius 2 is 1.58 bits per heavy atom. The van der Waals surface area contributed by atoms with Crippen molar-refractivity contribution in [1.82, 2.24) is 0 Å². The Balaban J connectivity index is 1.51.